The molecule has 110 valence electrons. The normalized spacial score (nSPS) is 10.2. The van der Waals surface area contributed by atoms with E-state index in [4.69, 9.17) is 0 Å². The first kappa shape index (κ1) is 15.6. The van der Waals surface area contributed by atoms with Gasteiger partial charge in [0.25, 0.3) is 5.91 Å². The first-order valence-electron chi connectivity index (χ1n) is 6.97. The Hall–Kier alpha value is -1.81. The van der Waals surface area contributed by atoms with Gasteiger partial charge in [0.1, 0.15) is 0 Å². The van der Waals surface area contributed by atoms with E-state index in [9.17, 15) is 4.79 Å². The molecule has 0 atom stereocenters. The summed E-state index contributed by atoms with van der Waals surface area (Å²) >= 11 is 3.39. The van der Waals surface area contributed by atoms with Gasteiger partial charge in [-0.1, -0.05) is 30.3 Å². The van der Waals surface area contributed by atoms with Crippen LogP contribution in [-0.4, -0.2) is 26.0 Å². The topological polar surface area (TPSA) is 32.3 Å². The number of nitrogens with one attached hydrogen (secondary N) is 1. The van der Waals surface area contributed by atoms with Crippen molar-refractivity contribution < 1.29 is 4.79 Å². The molecule has 2 aromatic rings. The Kier molecular flexibility index (Phi) is 5.81. The van der Waals surface area contributed by atoms with E-state index in [-0.39, 0.29) is 5.91 Å². The Balaban J connectivity index is 1.75. The maximum absolute atomic E-state index is 12.0. The fourth-order valence-electron chi connectivity index (χ4n) is 2.07. The van der Waals surface area contributed by atoms with E-state index >= 15 is 0 Å². The highest BCUT2D eigenvalue weighted by atomic mass is 79.9. The molecule has 0 aromatic heterocycles. The number of para-hydroxylation sites is 1. The second-order valence-corrected chi connectivity index (χ2v) is 5.70. The minimum Gasteiger partial charge on any atom is -0.375 e. The number of carbonyl (C=O) groups is 1. The van der Waals surface area contributed by atoms with Crippen LogP contribution in [0.2, 0.25) is 0 Å². The first-order valence-corrected chi connectivity index (χ1v) is 7.76. The lowest BCUT2D eigenvalue weighted by molar-refractivity contribution is 0.0952. The average Bonchev–Trinajstić information content (AvgIpc) is 2.52. The number of halogens is 1. The fraction of sp³-hybridized carbons (Fsp3) is 0.235. The van der Waals surface area contributed by atoms with Gasteiger partial charge in [-0.25, -0.2) is 0 Å². The van der Waals surface area contributed by atoms with Crippen LogP contribution in [0, 0.1) is 0 Å². The number of anilines is 1. The Bertz CT molecular complexity index is 586. The molecule has 0 bridgehead atoms. The van der Waals surface area contributed by atoms with Gasteiger partial charge in [-0.05, 0) is 46.6 Å². The highest BCUT2D eigenvalue weighted by Gasteiger charge is 2.08. The summed E-state index contributed by atoms with van der Waals surface area (Å²) in [6, 6.07) is 17.7. The maximum atomic E-state index is 12.0. The summed E-state index contributed by atoms with van der Waals surface area (Å²) in [6.45, 7) is 1.57. The standard InChI is InChI=1S/C17H19BrN2O/c1-20(14-8-3-2-4-9-14)13-7-12-19-17(21)15-10-5-6-11-16(15)18/h2-6,8-11H,7,12-13H2,1H3,(H,19,21). The third kappa shape index (κ3) is 4.60. The quantitative estimate of drug-likeness (QED) is 0.808. The summed E-state index contributed by atoms with van der Waals surface area (Å²) in [5.74, 6) is -0.0372. The first-order chi connectivity index (χ1) is 10.2. The number of nitrogens with zero attached hydrogens (tertiary/aromatic N) is 1. The van der Waals surface area contributed by atoms with Gasteiger partial charge < -0.3 is 10.2 Å². The van der Waals surface area contributed by atoms with E-state index in [1.54, 1.807) is 0 Å². The SMILES string of the molecule is CN(CCCNC(=O)c1ccccc1Br)c1ccccc1. The smallest absolute Gasteiger partial charge is 0.252 e. The van der Waals surface area contributed by atoms with E-state index in [1.165, 1.54) is 5.69 Å². The average molecular weight is 347 g/mol. The Morgan fingerprint density at radius 1 is 1.10 bits per heavy atom. The molecule has 0 aliphatic heterocycles. The molecule has 2 aromatic carbocycles. The lowest BCUT2D eigenvalue weighted by Gasteiger charge is -2.19. The molecule has 0 aliphatic rings. The van der Waals surface area contributed by atoms with Crippen LogP contribution in [0.15, 0.2) is 59.1 Å². The lowest BCUT2D eigenvalue weighted by atomic mass is 10.2. The van der Waals surface area contributed by atoms with Crippen LogP contribution in [0.3, 0.4) is 0 Å². The van der Waals surface area contributed by atoms with E-state index in [2.05, 4.69) is 45.3 Å². The van der Waals surface area contributed by atoms with E-state index < -0.39 is 0 Å². The van der Waals surface area contributed by atoms with Crippen molar-refractivity contribution >= 4 is 27.5 Å². The molecular weight excluding hydrogens is 328 g/mol. The molecule has 0 fully saturated rings. The van der Waals surface area contributed by atoms with Crippen LogP contribution in [0.25, 0.3) is 0 Å². The number of hydrogen-bond acceptors (Lipinski definition) is 2. The van der Waals surface area contributed by atoms with Crippen LogP contribution in [0.5, 0.6) is 0 Å². The van der Waals surface area contributed by atoms with Gasteiger partial charge in [0, 0.05) is 30.3 Å². The molecule has 2 rings (SSSR count). The molecule has 0 radical (unpaired) electrons. The Labute approximate surface area is 134 Å². The van der Waals surface area contributed by atoms with Crippen molar-refractivity contribution in [1.82, 2.24) is 5.32 Å². The Morgan fingerprint density at radius 2 is 1.76 bits per heavy atom. The predicted molar refractivity (Wildman–Crippen MR) is 90.8 cm³/mol. The number of benzene rings is 2. The van der Waals surface area contributed by atoms with Gasteiger partial charge in [0.15, 0.2) is 0 Å². The number of carbonyl (C=O) groups excluding carboxylic acids is 1. The van der Waals surface area contributed by atoms with Gasteiger partial charge >= 0.3 is 0 Å². The molecule has 0 heterocycles. The zero-order valence-corrected chi connectivity index (χ0v) is 13.6. The molecule has 0 spiro atoms. The molecule has 1 N–H and O–H groups in total. The molecule has 0 unspecified atom stereocenters. The van der Waals surface area contributed by atoms with Crippen molar-refractivity contribution in [2.24, 2.45) is 0 Å². The monoisotopic (exact) mass is 346 g/mol. The zero-order valence-electron chi connectivity index (χ0n) is 12.1. The maximum Gasteiger partial charge on any atom is 0.252 e. The summed E-state index contributed by atoms with van der Waals surface area (Å²) in [6.07, 6.45) is 0.904. The van der Waals surface area contributed by atoms with Gasteiger partial charge in [0.2, 0.25) is 0 Å². The minimum absolute atomic E-state index is 0.0372. The van der Waals surface area contributed by atoms with Crippen molar-refractivity contribution in [3.63, 3.8) is 0 Å². The zero-order chi connectivity index (χ0) is 15.1. The predicted octanol–water partition coefficient (Wildman–Crippen LogP) is 3.71. The van der Waals surface area contributed by atoms with Crippen LogP contribution in [-0.2, 0) is 0 Å². The molecule has 21 heavy (non-hydrogen) atoms. The van der Waals surface area contributed by atoms with Crippen molar-refractivity contribution in [2.45, 2.75) is 6.42 Å². The summed E-state index contributed by atoms with van der Waals surface area (Å²) in [5.41, 5.74) is 1.86. The summed E-state index contributed by atoms with van der Waals surface area (Å²) in [4.78, 5) is 14.2. The third-order valence-electron chi connectivity index (χ3n) is 3.27. The van der Waals surface area contributed by atoms with Gasteiger partial charge in [-0.15, -0.1) is 0 Å². The lowest BCUT2D eigenvalue weighted by Crippen LogP contribution is -2.28. The minimum atomic E-state index is -0.0372. The van der Waals surface area contributed by atoms with Crippen molar-refractivity contribution in [1.29, 1.82) is 0 Å². The van der Waals surface area contributed by atoms with Gasteiger partial charge in [-0.3, -0.25) is 4.79 Å². The molecule has 0 saturated carbocycles. The van der Waals surface area contributed by atoms with E-state index in [0.29, 0.717) is 12.1 Å². The molecule has 1 amide bonds. The summed E-state index contributed by atoms with van der Waals surface area (Å²) in [5, 5.41) is 2.95. The van der Waals surface area contributed by atoms with Crippen molar-refractivity contribution in [2.75, 3.05) is 25.0 Å². The second-order valence-electron chi connectivity index (χ2n) is 4.85. The van der Waals surface area contributed by atoms with Gasteiger partial charge in [0.05, 0.1) is 5.56 Å². The fourth-order valence-corrected chi connectivity index (χ4v) is 2.54. The number of rotatable bonds is 6. The van der Waals surface area contributed by atoms with Gasteiger partial charge in [-0.2, -0.15) is 0 Å². The molecule has 3 nitrogen and oxygen atoms in total. The highest BCUT2D eigenvalue weighted by Crippen LogP contribution is 2.15. The number of amides is 1. The molecular formula is C17H19BrN2O. The molecule has 0 saturated heterocycles. The number of hydrogen-bond donors (Lipinski definition) is 1. The van der Waals surface area contributed by atoms with Crippen molar-refractivity contribution in [3.8, 4) is 0 Å². The van der Waals surface area contributed by atoms with Crippen LogP contribution >= 0.6 is 15.9 Å². The second kappa shape index (κ2) is 7.84. The van der Waals surface area contributed by atoms with E-state index in [0.717, 1.165) is 17.4 Å². The highest BCUT2D eigenvalue weighted by molar-refractivity contribution is 9.10. The van der Waals surface area contributed by atoms with E-state index in [1.807, 2.05) is 42.5 Å². The van der Waals surface area contributed by atoms with Crippen LogP contribution in [0.1, 0.15) is 16.8 Å². The summed E-state index contributed by atoms with van der Waals surface area (Å²) in [7, 11) is 2.06. The Morgan fingerprint density at radius 3 is 2.48 bits per heavy atom. The molecule has 4 heteroatoms. The summed E-state index contributed by atoms with van der Waals surface area (Å²) < 4.78 is 0.823. The van der Waals surface area contributed by atoms with Crippen molar-refractivity contribution in [3.05, 3.63) is 64.6 Å². The third-order valence-corrected chi connectivity index (χ3v) is 3.96. The van der Waals surface area contributed by atoms with Crippen LogP contribution < -0.4 is 10.2 Å². The largest absolute Gasteiger partial charge is 0.375 e. The molecule has 0 aliphatic carbocycles. The van der Waals surface area contributed by atoms with Crippen LogP contribution in [0.4, 0.5) is 5.69 Å².